The number of methoxy groups -OCH3 is 1. The van der Waals surface area contributed by atoms with Gasteiger partial charge in [0.1, 0.15) is 0 Å². The molecule has 0 aliphatic rings. The molecule has 0 saturated carbocycles. The van der Waals surface area contributed by atoms with Gasteiger partial charge < -0.3 is 19.8 Å². The van der Waals surface area contributed by atoms with Crippen molar-refractivity contribution in [3.8, 4) is 0 Å². The van der Waals surface area contributed by atoms with E-state index in [-0.39, 0.29) is 0 Å². The average Bonchev–Trinajstić information content (AvgIpc) is 2.72. The third kappa shape index (κ3) is 5.30. The van der Waals surface area contributed by atoms with Crippen molar-refractivity contribution in [2.45, 2.75) is 19.4 Å². The van der Waals surface area contributed by atoms with Crippen LogP contribution in [0.15, 0.2) is 18.5 Å². The summed E-state index contributed by atoms with van der Waals surface area (Å²) in [4.78, 5) is 0. The maximum Gasteiger partial charge on any atom is 0.0645 e. The lowest BCUT2D eigenvalue weighted by Crippen LogP contribution is -2.06. The number of rotatable bonds is 9. The Morgan fingerprint density at radius 2 is 2.19 bits per heavy atom. The van der Waals surface area contributed by atoms with Gasteiger partial charge in [-0.1, -0.05) is 0 Å². The van der Waals surface area contributed by atoms with Crippen molar-refractivity contribution in [1.29, 1.82) is 0 Å². The van der Waals surface area contributed by atoms with Crippen molar-refractivity contribution in [1.82, 2.24) is 4.57 Å². The Morgan fingerprint density at radius 1 is 1.31 bits per heavy atom. The van der Waals surface area contributed by atoms with E-state index in [2.05, 4.69) is 23.0 Å². The Hall–Kier alpha value is -0.840. The average molecular weight is 226 g/mol. The van der Waals surface area contributed by atoms with Crippen LogP contribution in [-0.2, 0) is 22.4 Å². The molecular weight excluding hydrogens is 204 g/mol. The van der Waals surface area contributed by atoms with Gasteiger partial charge in [-0.2, -0.15) is 0 Å². The van der Waals surface area contributed by atoms with Crippen LogP contribution < -0.4 is 5.73 Å². The van der Waals surface area contributed by atoms with Gasteiger partial charge in [-0.15, -0.1) is 0 Å². The SMILES string of the molecule is COCCCOCCn1ccc(CCN)c1. The number of hydrogen-bond donors (Lipinski definition) is 1. The Morgan fingerprint density at radius 3 is 2.94 bits per heavy atom. The first kappa shape index (κ1) is 13.2. The van der Waals surface area contributed by atoms with Crippen molar-refractivity contribution in [3.63, 3.8) is 0 Å². The molecule has 16 heavy (non-hydrogen) atoms. The van der Waals surface area contributed by atoms with Crippen LogP contribution >= 0.6 is 0 Å². The number of aromatic nitrogens is 1. The second-order valence-corrected chi connectivity index (χ2v) is 3.75. The van der Waals surface area contributed by atoms with Crippen LogP contribution in [-0.4, -0.2) is 38.0 Å². The fraction of sp³-hybridized carbons (Fsp3) is 0.667. The van der Waals surface area contributed by atoms with Gasteiger partial charge in [0.05, 0.1) is 6.61 Å². The van der Waals surface area contributed by atoms with E-state index in [1.54, 1.807) is 7.11 Å². The minimum absolute atomic E-state index is 0.706. The van der Waals surface area contributed by atoms with Crippen LogP contribution in [0.3, 0.4) is 0 Å². The molecule has 0 fully saturated rings. The Balaban J connectivity index is 2.07. The zero-order chi connectivity index (χ0) is 11.6. The summed E-state index contributed by atoms with van der Waals surface area (Å²) in [7, 11) is 1.71. The summed E-state index contributed by atoms with van der Waals surface area (Å²) in [6, 6.07) is 2.11. The monoisotopic (exact) mass is 226 g/mol. The molecule has 1 aromatic rings. The van der Waals surface area contributed by atoms with E-state index in [0.29, 0.717) is 6.54 Å². The first-order valence-corrected chi connectivity index (χ1v) is 5.78. The molecule has 0 amide bonds. The Bertz CT molecular complexity index is 274. The van der Waals surface area contributed by atoms with Crippen molar-refractivity contribution < 1.29 is 9.47 Å². The molecule has 0 aliphatic heterocycles. The third-order valence-electron chi connectivity index (χ3n) is 2.38. The molecular formula is C12H22N2O2. The molecule has 0 unspecified atom stereocenters. The minimum Gasteiger partial charge on any atom is -0.385 e. The molecule has 0 aromatic carbocycles. The third-order valence-corrected chi connectivity index (χ3v) is 2.38. The van der Waals surface area contributed by atoms with Gasteiger partial charge in [0.25, 0.3) is 0 Å². The van der Waals surface area contributed by atoms with Crippen molar-refractivity contribution in [2.24, 2.45) is 5.73 Å². The van der Waals surface area contributed by atoms with Gasteiger partial charge in [0.15, 0.2) is 0 Å². The second kappa shape index (κ2) is 8.33. The van der Waals surface area contributed by atoms with Gasteiger partial charge in [-0.25, -0.2) is 0 Å². The highest BCUT2D eigenvalue weighted by molar-refractivity contribution is 5.10. The topological polar surface area (TPSA) is 49.4 Å². The highest BCUT2D eigenvalue weighted by Gasteiger charge is 1.96. The van der Waals surface area contributed by atoms with Crippen molar-refractivity contribution >= 4 is 0 Å². The highest BCUT2D eigenvalue weighted by Crippen LogP contribution is 2.01. The van der Waals surface area contributed by atoms with E-state index >= 15 is 0 Å². The highest BCUT2D eigenvalue weighted by atomic mass is 16.5. The number of nitrogens with two attached hydrogens (primary N) is 1. The molecule has 4 nitrogen and oxygen atoms in total. The predicted octanol–water partition coefficient (Wildman–Crippen LogP) is 1.04. The molecule has 1 aromatic heterocycles. The molecule has 1 heterocycles. The van der Waals surface area contributed by atoms with E-state index in [0.717, 1.165) is 39.2 Å². The normalized spacial score (nSPS) is 10.9. The lowest BCUT2D eigenvalue weighted by molar-refractivity contribution is 0.0977. The van der Waals surface area contributed by atoms with Crippen LogP contribution in [0.2, 0.25) is 0 Å². The van der Waals surface area contributed by atoms with Gasteiger partial charge in [-0.3, -0.25) is 0 Å². The van der Waals surface area contributed by atoms with Crippen LogP contribution in [0.4, 0.5) is 0 Å². The molecule has 1 rings (SSSR count). The molecule has 0 radical (unpaired) electrons. The summed E-state index contributed by atoms with van der Waals surface area (Å²) < 4.78 is 12.6. The second-order valence-electron chi connectivity index (χ2n) is 3.75. The predicted molar refractivity (Wildman–Crippen MR) is 64.5 cm³/mol. The largest absolute Gasteiger partial charge is 0.385 e. The van der Waals surface area contributed by atoms with E-state index in [9.17, 15) is 0 Å². The van der Waals surface area contributed by atoms with Crippen LogP contribution in [0.1, 0.15) is 12.0 Å². The molecule has 4 heteroatoms. The van der Waals surface area contributed by atoms with Crippen LogP contribution in [0.5, 0.6) is 0 Å². The zero-order valence-corrected chi connectivity index (χ0v) is 10.0. The van der Waals surface area contributed by atoms with Gasteiger partial charge in [0.2, 0.25) is 0 Å². The van der Waals surface area contributed by atoms with Crippen molar-refractivity contribution in [2.75, 3.05) is 33.5 Å². The lowest BCUT2D eigenvalue weighted by atomic mass is 10.2. The van der Waals surface area contributed by atoms with E-state index in [1.807, 2.05) is 0 Å². The van der Waals surface area contributed by atoms with E-state index in [4.69, 9.17) is 15.2 Å². The summed E-state index contributed by atoms with van der Waals surface area (Å²) in [5.41, 5.74) is 6.79. The minimum atomic E-state index is 0.706. The molecule has 0 atom stereocenters. The summed E-state index contributed by atoms with van der Waals surface area (Å²) in [6.45, 7) is 3.89. The molecule has 92 valence electrons. The number of nitrogens with zero attached hydrogens (tertiary/aromatic N) is 1. The lowest BCUT2D eigenvalue weighted by Gasteiger charge is -2.04. The fourth-order valence-electron chi connectivity index (χ4n) is 1.52. The maximum absolute atomic E-state index is 5.49. The molecule has 0 bridgehead atoms. The smallest absolute Gasteiger partial charge is 0.0645 e. The summed E-state index contributed by atoms with van der Waals surface area (Å²) >= 11 is 0. The summed E-state index contributed by atoms with van der Waals surface area (Å²) in [6.07, 6.45) is 6.11. The van der Waals surface area contributed by atoms with Gasteiger partial charge in [-0.05, 0) is 31.0 Å². The van der Waals surface area contributed by atoms with Crippen LogP contribution in [0.25, 0.3) is 0 Å². The first-order chi connectivity index (χ1) is 7.86. The number of hydrogen-bond acceptors (Lipinski definition) is 3. The quantitative estimate of drug-likeness (QED) is 0.640. The van der Waals surface area contributed by atoms with Crippen LogP contribution in [0, 0.1) is 0 Å². The molecule has 0 saturated heterocycles. The first-order valence-electron chi connectivity index (χ1n) is 5.78. The fourth-order valence-corrected chi connectivity index (χ4v) is 1.52. The van der Waals surface area contributed by atoms with Crippen molar-refractivity contribution in [3.05, 3.63) is 24.0 Å². The number of ether oxygens (including phenoxy) is 2. The van der Waals surface area contributed by atoms with E-state index in [1.165, 1.54) is 5.56 Å². The zero-order valence-electron chi connectivity index (χ0n) is 10.0. The Kier molecular flexibility index (Phi) is 6.88. The maximum atomic E-state index is 5.49. The van der Waals surface area contributed by atoms with Gasteiger partial charge >= 0.3 is 0 Å². The molecule has 2 N–H and O–H groups in total. The van der Waals surface area contributed by atoms with Gasteiger partial charge in [0, 0.05) is 39.3 Å². The Labute approximate surface area is 97.3 Å². The summed E-state index contributed by atoms with van der Waals surface area (Å²) in [5.74, 6) is 0. The summed E-state index contributed by atoms with van der Waals surface area (Å²) in [5, 5.41) is 0. The molecule has 0 spiro atoms. The standard InChI is InChI=1S/C12H22N2O2/c1-15-8-2-9-16-10-7-14-6-4-12(11-14)3-5-13/h4,6,11H,2-3,5,7-10,13H2,1H3. The molecule has 0 aliphatic carbocycles. The van der Waals surface area contributed by atoms with E-state index < -0.39 is 0 Å².